The van der Waals surface area contributed by atoms with Crippen molar-refractivity contribution in [1.82, 2.24) is 0 Å². The molecule has 0 saturated carbocycles. The molecule has 0 unspecified atom stereocenters. The number of nitrogens with zero attached hydrogens (tertiary/aromatic N) is 2. The lowest BCUT2D eigenvalue weighted by atomic mass is 10.1. The van der Waals surface area contributed by atoms with Gasteiger partial charge in [-0.2, -0.15) is 5.10 Å². The Morgan fingerprint density at radius 2 is 1.71 bits per heavy atom. The van der Waals surface area contributed by atoms with Gasteiger partial charge >= 0.3 is 0 Å². The van der Waals surface area contributed by atoms with E-state index >= 15 is 0 Å². The van der Waals surface area contributed by atoms with Crippen LogP contribution < -0.4 is 11.5 Å². The lowest BCUT2D eigenvalue weighted by molar-refractivity contribution is 1.19. The Morgan fingerprint density at radius 1 is 1.14 bits per heavy atom. The monoisotopic (exact) mass is 302 g/mol. The van der Waals surface area contributed by atoms with E-state index in [1.807, 2.05) is 31.2 Å². The molecule has 0 bridgehead atoms. The van der Waals surface area contributed by atoms with Crippen molar-refractivity contribution in [1.29, 1.82) is 0 Å². The number of guanidine groups is 1. The van der Waals surface area contributed by atoms with E-state index in [2.05, 4.69) is 32.8 Å². The fourth-order valence-corrected chi connectivity index (χ4v) is 1.24. The molecular weight excluding hydrogens is 291 g/mol. The predicted octanol–water partition coefficient (Wildman–Crippen LogP) is 1.29. The van der Waals surface area contributed by atoms with E-state index in [9.17, 15) is 0 Å². The molecule has 0 radical (unpaired) electrons. The van der Waals surface area contributed by atoms with Gasteiger partial charge in [0.05, 0.1) is 5.71 Å². The number of benzene rings is 1. The Hall–Kier alpha value is -1.11. The number of nitrogens with two attached hydrogens (primary N) is 2. The van der Waals surface area contributed by atoms with E-state index in [0.29, 0.717) is 0 Å². The van der Waals surface area contributed by atoms with Gasteiger partial charge in [-0.1, -0.05) is 12.1 Å². The largest absolute Gasteiger partial charge is 0.369 e. The molecule has 1 rings (SSSR count). The van der Waals surface area contributed by atoms with Gasteiger partial charge in [-0.05, 0) is 47.2 Å². The summed E-state index contributed by atoms with van der Waals surface area (Å²) in [6.45, 7) is 1.86. The van der Waals surface area contributed by atoms with E-state index in [-0.39, 0.29) is 5.96 Å². The first-order valence-electron chi connectivity index (χ1n) is 3.98. The molecule has 1 aromatic rings. The molecule has 0 spiro atoms. The minimum absolute atomic E-state index is 0.0325. The Labute approximate surface area is 96.2 Å². The molecule has 74 valence electrons. The van der Waals surface area contributed by atoms with Crippen molar-refractivity contribution in [3.05, 3.63) is 33.4 Å². The first-order valence-corrected chi connectivity index (χ1v) is 5.06. The molecule has 4 N–H and O–H groups in total. The van der Waals surface area contributed by atoms with Gasteiger partial charge in [-0.3, -0.25) is 0 Å². The molecule has 5 heteroatoms. The van der Waals surface area contributed by atoms with Crippen LogP contribution in [0.2, 0.25) is 0 Å². The van der Waals surface area contributed by atoms with Crippen molar-refractivity contribution in [3.8, 4) is 0 Å². The minimum Gasteiger partial charge on any atom is -0.369 e. The van der Waals surface area contributed by atoms with E-state index in [0.717, 1.165) is 11.3 Å². The van der Waals surface area contributed by atoms with Gasteiger partial charge in [0.2, 0.25) is 5.96 Å². The van der Waals surface area contributed by atoms with Gasteiger partial charge in [-0.25, -0.2) is 0 Å². The van der Waals surface area contributed by atoms with Crippen LogP contribution in [0.15, 0.2) is 34.5 Å². The van der Waals surface area contributed by atoms with Crippen LogP contribution in [0.3, 0.4) is 0 Å². The topological polar surface area (TPSA) is 76.8 Å². The average molecular weight is 302 g/mol. The minimum atomic E-state index is -0.0325. The van der Waals surface area contributed by atoms with Crippen LogP contribution in [0.4, 0.5) is 0 Å². The van der Waals surface area contributed by atoms with E-state index in [1.54, 1.807) is 0 Å². The van der Waals surface area contributed by atoms with Gasteiger partial charge in [0.25, 0.3) is 0 Å². The Kier molecular flexibility index (Phi) is 3.87. The second-order valence-corrected chi connectivity index (χ2v) is 3.96. The van der Waals surface area contributed by atoms with Crippen molar-refractivity contribution in [2.75, 3.05) is 0 Å². The fourth-order valence-electron chi connectivity index (χ4n) is 0.882. The maximum atomic E-state index is 5.16. The van der Waals surface area contributed by atoms with Crippen molar-refractivity contribution < 1.29 is 0 Å². The van der Waals surface area contributed by atoms with Crippen LogP contribution >= 0.6 is 22.6 Å². The van der Waals surface area contributed by atoms with Gasteiger partial charge in [0, 0.05) is 3.57 Å². The summed E-state index contributed by atoms with van der Waals surface area (Å²) in [5.74, 6) is -0.0325. The van der Waals surface area contributed by atoms with Gasteiger partial charge < -0.3 is 11.5 Å². The second kappa shape index (κ2) is 4.94. The number of hydrogen-bond acceptors (Lipinski definition) is 2. The third-order valence-corrected chi connectivity index (χ3v) is 2.30. The highest BCUT2D eigenvalue weighted by molar-refractivity contribution is 14.1. The first kappa shape index (κ1) is 11.0. The summed E-state index contributed by atoms with van der Waals surface area (Å²) < 4.78 is 1.18. The SMILES string of the molecule is C/C(=N/N=C(N)N)c1ccc(I)cc1. The van der Waals surface area contributed by atoms with Crippen LogP contribution in [0.25, 0.3) is 0 Å². The molecule has 0 saturated heterocycles. The molecule has 0 heterocycles. The Balaban J connectivity index is 2.89. The predicted molar refractivity (Wildman–Crippen MR) is 67.2 cm³/mol. The molecule has 0 atom stereocenters. The average Bonchev–Trinajstić information content (AvgIpc) is 2.15. The molecule has 0 aliphatic heterocycles. The number of halogens is 1. The molecule has 0 aromatic heterocycles. The highest BCUT2D eigenvalue weighted by atomic mass is 127. The van der Waals surface area contributed by atoms with Crippen LogP contribution in [0.1, 0.15) is 12.5 Å². The van der Waals surface area contributed by atoms with Crippen LogP contribution in [0.5, 0.6) is 0 Å². The molecule has 1 aromatic carbocycles. The van der Waals surface area contributed by atoms with E-state index in [1.165, 1.54) is 3.57 Å². The highest BCUT2D eigenvalue weighted by Gasteiger charge is 1.96. The van der Waals surface area contributed by atoms with Crippen molar-refractivity contribution in [2.45, 2.75) is 6.92 Å². The zero-order valence-corrected chi connectivity index (χ0v) is 9.89. The van der Waals surface area contributed by atoms with Crippen LogP contribution in [-0.2, 0) is 0 Å². The number of rotatable bonds is 2. The summed E-state index contributed by atoms with van der Waals surface area (Å²) in [6, 6.07) is 7.96. The summed E-state index contributed by atoms with van der Waals surface area (Å²) >= 11 is 2.24. The summed E-state index contributed by atoms with van der Waals surface area (Å²) in [5, 5.41) is 7.46. The van der Waals surface area contributed by atoms with Gasteiger partial charge in [-0.15, -0.1) is 5.10 Å². The molecule has 0 amide bonds. The molecule has 0 aliphatic rings. The molecule has 4 nitrogen and oxygen atoms in total. The van der Waals surface area contributed by atoms with Crippen molar-refractivity contribution in [3.63, 3.8) is 0 Å². The molecule has 0 aliphatic carbocycles. The standard InChI is InChI=1S/C9H11IN4/c1-6(13-14-9(11)12)7-2-4-8(10)5-3-7/h2-5H,1H3,(H4,11,12,14)/b13-6-. The van der Waals surface area contributed by atoms with Gasteiger partial charge in [0.1, 0.15) is 0 Å². The lowest BCUT2D eigenvalue weighted by Gasteiger charge is -1.98. The summed E-state index contributed by atoms with van der Waals surface area (Å²) in [4.78, 5) is 0. The highest BCUT2D eigenvalue weighted by Crippen LogP contribution is 2.07. The van der Waals surface area contributed by atoms with Crippen molar-refractivity contribution in [2.24, 2.45) is 21.7 Å². The van der Waals surface area contributed by atoms with Crippen molar-refractivity contribution >= 4 is 34.3 Å². The first-order chi connectivity index (χ1) is 6.59. The quantitative estimate of drug-likeness (QED) is 0.374. The number of hydrogen-bond donors (Lipinski definition) is 2. The molecular formula is C9H11IN4. The summed E-state index contributed by atoms with van der Waals surface area (Å²) in [6.07, 6.45) is 0. The third kappa shape index (κ3) is 3.33. The smallest absolute Gasteiger partial charge is 0.211 e. The van der Waals surface area contributed by atoms with E-state index in [4.69, 9.17) is 11.5 Å². The summed E-state index contributed by atoms with van der Waals surface area (Å²) in [7, 11) is 0. The normalized spacial score (nSPS) is 11.1. The maximum Gasteiger partial charge on any atom is 0.211 e. The second-order valence-electron chi connectivity index (χ2n) is 2.72. The van der Waals surface area contributed by atoms with E-state index < -0.39 is 0 Å². The summed E-state index contributed by atoms with van der Waals surface area (Å²) in [5.41, 5.74) is 12.1. The third-order valence-electron chi connectivity index (χ3n) is 1.58. The molecule has 14 heavy (non-hydrogen) atoms. The maximum absolute atomic E-state index is 5.16. The van der Waals surface area contributed by atoms with Crippen LogP contribution in [-0.4, -0.2) is 11.7 Å². The zero-order valence-electron chi connectivity index (χ0n) is 7.74. The lowest BCUT2D eigenvalue weighted by Crippen LogP contribution is -2.22. The molecule has 0 fully saturated rings. The Morgan fingerprint density at radius 3 is 2.21 bits per heavy atom. The van der Waals surface area contributed by atoms with Gasteiger partial charge in [0.15, 0.2) is 0 Å². The fraction of sp³-hybridized carbons (Fsp3) is 0.111. The Bertz CT molecular complexity index is 363. The van der Waals surface area contributed by atoms with Crippen LogP contribution in [0, 0.1) is 3.57 Å². The zero-order chi connectivity index (χ0) is 10.6.